The van der Waals surface area contributed by atoms with Crippen molar-refractivity contribution in [1.82, 2.24) is 0 Å². The topological polar surface area (TPSA) is 79.9 Å². The molecule has 7 heteroatoms. The zero-order valence-electron chi connectivity index (χ0n) is 16.4. The Hall–Kier alpha value is -3.22. The van der Waals surface area contributed by atoms with E-state index in [4.69, 9.17) is 9.47 Å². The Morgan fingerprint density at radius 3 is 2.39 bits per heavy atom. The van der Waals surface area contributed by atoms with Gasteiger partial charge in [-0.05, 0) is 56.7 Å². The fourth-order valence-corrected chi connectivity index (χ4v) is 3.09. The standard InChI is InChI=1S/C21H25N3O4/c1-4-24(5-2)16-7-8-17(14(3)10-16)23-21(26)12-20(25)22-15-6-9-18-19(11-15)28-13-27-18/h6-11H,4-5,12-13H2,1-3H3,(H,22,25)(H,23,26). The SMILES string of the molecule is CCN(CC)c1ccc(NC(=O)CC(=O)Nc2ccc3c(c2)OCO3)c(C)c1. The molecule has 7 nitrogen and oxygen atoms in total. The van der Waals surface area contributed by atoms with E-state index in [1.807, 2.05) is 25.1 Å². The molecular formula is C21H25N3O4. The predicted octanol–water partition coefficient (Wildman–Crippen LogP) is 3.54. The third-order valence-electron chi connectivity index (χ3n) is 4.59. The lowest BCUT2D eigenvalue weighted by Gasteiger charge is -2.22. The summed E-state index contributed by atoms with van der Waals surface area (Å²) >= 11 is 0. The van der Waals surface area contributed by atoms with E-state index in [9.17, 15) is 9.59 Å². The van der Waals surface area contributed by atoms with Crippen LogP contribution in [0.4, 0.5) is 17.1 Å². The van der Waals surface area contributed by atoms with Crippen LogP contribution < -0.4 is 25.0 Å². The summed E-state index contributed by atoms with van der Waals surface area (Å²) in [6.07, 6.45) is -0.272. The minimum atomic E-state index is -0.395. The lowest BCUT2D eigenvalue weighted by molar-refractivity contribution is -0.123. The third-order valence-corrected chi connectivity index (χ3v) is 4.59. The van der Waals surface area contributed by atoms with Gasteiger partial charge in [-0.1, -0.05) is 0 Å². The van der Waals surface area contributed by atoms with Crippen LogP contribution in [0.15, 0.2) is 36.4 Å². The molecule has 0 spiro atoms. The van der Waals surface area contributed by atoms with Crippen molar-refractivity contribution in [2.45, 2.75) is 27.2 Å². The summed E-state index contributed by atoms with van der Waals surface area (Å²) in [6, 6.07) is 11.0. The number of rotatable bonds is 7. The first-order chi connectivity index (χ1) is 13.5. The van der Waals surface area contributed by atoms with Crippen LogP contribution in [0.2, 0.25) is 0 Å². The predicted molar refractivity (Wildman–Crippen MR) is 109 cm³/mol. The molecule has 0 aliphatic carbocycles. The van der Waals surface area contributed by atoms with Crippen LogP contribution in [0.25, 0.3) is 0 Å². The Morgan fingerprint density at radius 2 is 1.68 bits per heavy atom. The Bertz CT molecular complexity index is 878. The number of carbonyl (C=O) groups excluding carboxylic acids is 2. The van der Waals surface area contributed by atoms with E-state index < -0.39 is 5.91 Å². The van der Waals surface area contributed by atoms with Gasteiger partial charge in [0.05, 0.1) is 0 Å². The Balaban J connectivity index is 1.57. The minimum absolute atomic E-state index is 0.168. The van der Waals surface area contributed by atoms with Gasteiger partial charge in [0.1, 0.15) is 6.42 Å². The number of anilines is 3. The molecule has 1 heterocycles. The van der Waals surface area contributed by atoms with Gasteiger partial charge in [0, 0.05) is 36.2 Å². The fraction of sp³-hybridized carbons (Fsp3) is 0.333. The zero-order valence-corrected chi connectivity index (χ0v) is 16.4. The number of benzene rings is 2. The van der Waals surface area contributed by atoms with Gasteiger partial charge in [-0.15, -0.1) is 0 Å². The van der Waals surface area contributed by atoms with Gasteiger partial charge in [-0.3, -0.25) is 9.59 Å². The molecule has 0 unspecified atom stereocenters. The number of carbonyl (C=O) groups is 2. The van der Waals surface area contributed by atoms with Gasteiger partial charge in [0.25, 0.3) is 0 Å². The molecule has 2 aromatic carbocycles. The van der Waals surface area contributed by atoms with Crippen molar-refractivity contribution in [1.29, 1.82) is 0 Å². The second kappa shape index (κ2) is 8.65. The lowest BCUT2D eigenvalue weighted by Crippen LogP contribution is -2.23. The molecule has 28 heavy (non-hydrogen) atoms. The molecular weight excluding hydrogens is 358 g/mol. The van der Waals surface area contributed by atoms with Gasteiger partial charge in [-0.25, -0.2) is 0 Å². The summed E-state index contributed by atoms with van der Waals surface area (Å²) in [5, 5.41) is 5.51. The van der Waals surface area contributed by atoms with Crippen LogP contribution in [0.5, 0.6) is 11.5 Å². The van der Waals surface area contributed by atoms with Crippen molar-refractivity contribution in [3.63, 3.8) is 0 Å². The van der Waals surface area contributed by atoms with Crippen molar-refractivity contribution >= 4 is 28.9 Å². The molecule has 0 atom stereocenters. The summed E-state index contributed by atoms with van der Waals surface area (Å²) in [6.45, 7) is 8.15. The second-order valence-electron chi connectivity index (χ2n) is 6.51. The van der Waals surface area contributed by atoms with E-state index in [1.54, 1.807) is 18.2 Å². The van der Waals surface area contributed by atoms with Crippen LogP contribution in [-0.2, 0) is 9.59 Å². The zero-order chi connectivity index (χ0) is 20.1. The maximum atomic E-state index is 12.3. The van der Waals surface area contributed by atoms with E-state index >= 15 is 0 Å². The van der Waals surface area contributed by atoms with Crippen LogP contribution in [0.1, 0.15) is 25.8 Å². The highest BCUT2D eigenvalue weighted by atomic mass is 16.7. The first kappa shape index (κ1) is 19.5. The summed E-state index contributed by atoms with van der Waals surface area (Å²) in [5.41, 5.74) is 3.33. The summed E-state index contributed by atoms with van der Waals surface area (Å²) in [4.78, 5) is 26.7. The highest BCUT2D eigenvalue weighted by Crippen LogP contribution is 2.34. The molecule has 2 amide bonds. The average Bonchev–Trinajstić information content (AvgIpc) is 3.12. The van der Waals surface area contributed by atoms with E-state index in [1.165, 1.54) is 0 Å². The Morgan fingerprint density at radius 1 is 0.964 bits per heavy atom. The molecule has 0 fully saturated rings. The van der Waals surface area contributed by atoms with E-state index in [0.717, 1.165) is 24.3 Å². The number of nitrogens with zero attached hydrogens (tertiary/aromatic N) is 1. The van der Waals surface area contributed by atoms with Crippen molar-refractivity contribution in [2.24, 2.45) is 0 Å². The van der Waals surface area contributed by atoms with E-state index in [0.29, 0.717) is 22.9 Å². The molecule has 0 aromatic heterocycles. The summed E-state index contributed by atoms with van der Waals surface area (Å²) in [7, 11) is 0. The number of hydrogen-bond donors (Lipinski definition) is 2. The van der Waals surface area contributed by atoms with Crippen molar-refractivity contribution in [3.8, 4) is 11.5 Å². The van der Waals surface area contributed by atoms with Gasteiger partial charge < -0.3 is 25.0 Å². The first-order valence-corrected chi connectivity index (χ1v) is 9.35. The molecule has 2 aromatic rings. The molecule has 1 aliphatic heterocycles. The first-order valence-electron chi connectivity index (χ1n) is 9.35. The Kier molecular flexibility index (Phi) is 6.03. The maximum Gasteiger partial charge on any atom is 0.233 e. The molecule has 148 valence electrons. The van der Waals surface area contributed by atoms with Crippen molar-refractivity contribution < 1.29 is 19.1 Å². The minimum Gasteiger partial charge on any atom is -0.454 e. The van der Waals surface area contributed by atoms with Crippen LogP contribution in [0, 0.1) is 6.92 Å². The van der Waals surface area contributed by atoms with Crippen LogP contribution in [0.3, 0.4) is 0 Å². The molecule has 0 radical (unpaired) electrons. The molecule has 0 saturated heterocycles. The highest BCUT2D eigenvalue weighted by molar-refractivity contribution is 6.08. The smallest absolute Gasteiger partial charge is 0.233 e. The summed E-state index contributed by atoms with van der Waals surface area (Å²) in [5.74, 6) is 0.455. The lowest BCUT2D eigenvalue weighted by atomic mass is 10.1. The van der Waals surface area contributed by atoms with Gasteiger partial charge in [0.2, 0.25) is 18.6 Å². The van der Waals surface area contributed by atoms with E-state index in [-0.39, 0.29) is 19.1 Å². The number of nitrogens with one attached hydrogen (secondary N) is 2. The number of aryl methyl sites for hydroxylation is 1. The number of fused-ring (bicyclic) bond motifs is 1. The van der Waals surface area contributed by atoms with Crippen molar-refractivity contribution in [3.05, 3.63) is 42.0 Å². The van der Waals surface area contributed by atoms with Crippen molar-refractivity contribution in [2.75, 3.05) is 35.4 Å². The molecule has 2 N–H and O–H groups in total. The van der Waals surface area contributed by atoms with Gasteiger partial charge in [0.15, 0.2) is 11.5 Å². The fourth-order valence-electron chi connectivity index (χ4n) is 3.09. The second-order valence-corrected chi connectivity index (χ2v) is 6.51. The molecule has 3 rings (SSSR count). The monoisotopic (exact) mass is 383 g/mol. The Labute approximate surface area is 164 Å². The molecule has 0 bridgehead atoms. The number of ether oxygens (including phenoxy) is 2. The third kappa shape index (κ3) is 4.54. The van der Waals surface area contributed by atoms with Crippen LogP contribution in [-0.4, -0.2) is 31.7 Å². The van der Waals surface area contributed by atoms with Gasteiger partial charge in [-0.2, -0.15) is 0 Å². The maximum absolute atomic E-state index is 12.3. The summed E-state index contributed by atoms with van der Waals surface area (Å²) < 4.78 is 10.5. The number of hydrogen-bond acceptors (Lipinski definition) is 5. The average molecular weight is 383 g/mol. The normalized spacial score (nSPS) is 11.8. The van der Waals surface area contributed by atoms with Gasteiger partial charge >= 0.3 is 0 Å². The molecule has 1 aliphatic rings. The number of amides is 2. The largest absolute Gasteiger partial charge is 0.454 e. The quantitative estimate of drug-likeness (QED) is 0.715. The molecule has 0 saturated carbocycles. The van der Waals surface area contributed by atoms with E-state index in [2.05, 4.69) is 29.4 Å². The highest BCUT2D eigenvalue weighted by Gasteiger charge is 2.16. The van der Waals surface area contributed by atoms with Crippen LogP contribution >= 0.6 is 0 Å².